The number of hydrogen-bond acceptors (Lipinski definition) is 0. The zero-order valence-electron chi connectivity index (χ0n) is 4.42. The van der Waals surface area contributed by atoms with Crippen molar-refractivity contribution < 1.29 is 64.6 Å². The Balaban J connectivity index is 0. The van der Waals surface area contributed by atoms with Gasteiger partial charge in [0.05, 0.1) is 0 Å². The predicted octanol–water partition coefficient (Wildman–Crippen LogP) is -1.77. The summed E-state index contributed by atoms with van der Waals surface area (Å²) in [6.07, 6.45) is -4.42. The molecule has 0 saturated carbocycles. The van der Waals surface area contributed by atoms with Crippen LogP contribution < -0.4 is 51.4 Å². The SMILES string of the molecule is [B-]C(=C)C(F)(F)F.[K+]. The molecule has 0 bridgehead atoms. The van der Waals surface area contributed by atoms with Gasteiger partial charge in [-0.2, -0.15) is 13.2 Å². The van der Waals surface area contributed by atoms with Crippen LogP contribution in [0.3, 0.4) is 0 Å². The Hall–Kier alpha value is 1.23. The average Bonchev–Trinajstić information content (AvgIpc) is 1.31. The van der Waals surface area contributed by atoms with E-state index >= 15 is 0 Å². The van der Waals surface area contributed by atoms with Crippen LogP contribution in [0.25, 0.3) is 0 Å². The van der Waals surface area contributed by atoms with E-state index in [9.17, 15) is 13.2 Å². The summed E-state index contributed by atoms with van der Waals surface area (Å²) >= 11 is 0. The van der Waals surface area contributed by atoms with Crippen molar-refractivity contribution >= 4 is 7.85 Å². The van der Waals surface area contributed by atoms with Crippen LogP contribution >= 0.6 is 0 Å². The third kappa shape index (κ3) is 5.37. The van der Waals surface area contributed by atoms with Gasteiger partial charge >= 0.3 is 57.6 Å². The molecule has 0 aliphatic carbocycles. The van der Waals surface area contributed by atoms with E-state index in [1.54, 1.807) is 0 Å². The molecule has 0 heterocycles. The fraction of sp³-hybridized carbons (Fsp3) is 0.333. The van der Waals surface area contributed by atoms with Crippen LogP contribution in [-0.4, -0.2) is 14.0 Å². The van der Waals surface area contributed by atoms with Crippen molar-refractivity contribution in [2.45, 2.75) is 6.18 Å². The van der Waals surface area contributed by atoms with Crippen LogP contribution in [0, 0.1) is 0 Å². The summed E-state index contributed by atoms with van der Waals surface area (Å²) in [6, 6.07) is 0. The van der Waals surface area contributed by atoms with Crippen molar-refractivity contribution in [3.05, 3.63) is 12.1 Å². The summed E-state index contributed by atoms with van der Waals surface area (Å²) in [6.45, 7) is 2.48. The predicted molar refractivity (Wildman–Crippen MR) is 20.9 cm³/mol. The molecule has 0 unspecified atom stereocenters. The van der Waals surface area contributed by atoms with Gasteiger partial charge in [0.15, 0.2) is 0 Å². The molecule has 3 radical (unpaired) electrons. The number of allylic oxidation sites excluding steroid dienone is 1. The molecule has 0 aromatic heterocycles. The van der Waals surface area contributed by atoms with Gasteiger partial charge in [0.25, 0.3) is 0 Å². The van der Waals surface area contributed by atoms with Crippen molar-refractivity contribution in [3.8, 4) is 0 Å². The minimum absolute atomic E-state index is 0. The zero-order valence-corrected chi connectivity index (χ0v) is 7.54. The van der Waals surface area contributed by atoms with Crippen molar-refractivity contribution in [2.75, 3.05) is 0 Å². The number of hydrogen-bond donors (Lipinski definition) is 0. The molecule has 0 aromatic carbocycles. The van der Waals surface area contributed by atoms with E-state index in [0.29, 0.717) is 0 Å². The molecule has 0 atom stereocenters. The summed E-state index contributed by atoms with van der Waals surface area (Å²) in [5.41, 5.74) is -1.26. The molecular weight excluding hydrogens is 143 g/mol. The average molecular weight is 145 g/mol. The molecule has 0 rings (SSSR count). The minimum Gasteiger partial charge on any atom is -0.575 e. The van der Waals surface area contributed by atoms with E-state index in [2.05, 4.69) is 14.4 Å². The van der Waals surface area contributed by atoms with Gasteiger partial charge < -0.3 is 7.85 Å². The second-order valence-electron chi connectivity index (χ2n) is 1.02. The maximum absolute atomic E-state index is 11.0. The smallest absolute Gasteiger partial charge is 0.575 e. The fourth-order valence-electron chi connectivity index (χ4n) is 0. The van der Waals surface area contributed by atoms with Crippen molar-refractivity contribution in [1.29, 1.82) is 0 Å². The second-order valence-corrected chi connectivity index (χ2v) is 1.02. The van der Waals surface area contributed by atoms with Gasteiger partial charge in [-0.3, -0.25) is 0 Å². The molecular formula is C3H2BF3K. The molecule has 0 aromatic rings. The normalized spacial score (nSPS) is 10.0. The zero-order chi connectivity index (χ0) is 6.08. The molecule has 0 aliphatic heterocycles. The number of halogens is 3. The Morgan fingerprint density at radius 1 is 1.38 bits per heavy atom. The summed E-state index contributed by atoms with van der Waals surface area (Å²) in [5.74, 6) is 0. The molecule has 0 N–H and O–H groups in total. The number of rotatable bonds is 0. The summed E-state index contributed by atoms with van der Waals surface area (Å²) in [5, 5.41) is 0. The van der Waals surface area contributed by atoms with Crippen LogP contribution in [0.15, 0.2) is 12.1 Å². The van der Waals surface area contributed by atoms with Crippen LogP contribution in [0.4, 0.5) is 13.2 Å². The molecule has 0 fully saturated rings. The monoisotopic (exact) mass is 145 g/mol. The minimum atomic E-state index is -4.42. The first kappa shape index (κ1) is 12.0. The fourth-order valence-corrected chi connectivity index (χ4v) is 0. The van der Waals surface area contributed by atoms with E-state index in [1.165, 1.54) is 0 Å². The van der Waals surface area contributed by atoms with E-state index < -0.39 is 11.6 Å². The van der Waals surface area contributed by atoms with Crippen molar-refractivity contribution in [3.63, 3.8) is 0 Å². The largest absolute Gasteiger partial charge is 1.00 e. The Morgan fingerprint density at radius 2 is 1.50 bits per heavy atom. The Bertz CT molecular complexity index is 87.0. The van der Waals surface area contributed by atoms with E-state index in [-0.39, 0.29) is 51.4 Å². The van der Waals surface area contributed by atoms with Gasteiger partial charge in [-0.25, -0.2) is 5.47 Å². The van der Waals surface area contributed by atoms with Gasteiger partial charge in [0, 0.05) is 0 Å². The van der Waals surface area contributed by atoms with Crippen LogP contribution in [0.5, 0.6) is 0 Å². The first-order valence-electron chi connectivity index (χ1n) is 1.46. The second kappa shape index (κ2) is 4.11. The molecule has 0 saturated heterocycles. The molecule has 0 nitrogen and oxygen atoms in total. The third-order valence-corrected chi connectivity index (χ3v) is 0.364. The van der Waals surface area contributed by atoms with Gasteiger partial charge in [0.2, 0.25) is 0 Å². The van der Waals surface area contributed by atoms with Crippen molar-refractivity contribution in [2.24, 2.45) is 0 Å². The van der Waals surface area contributed by atoms with Crippen LogP contribution in [0.2, 0.25) is 0 Å². The van der Waals surface area contributed by atoms with Gasteiger partial charge in [-0.15, -0.1) is 6.58 Å². The van der Waals surface area contributed by atoms with Gasteiger partial charge in [-0.05, 0) is 0 Å². The maximum Gasteiger partial charge on any atom is 1.00 e. The third-order valence-electron chi connectivity index (χ3n) is 0.364. The Labute approximate surface area is 89.4 Å². The summed E-state index contributed by atoms with van der Waals surface area (Å²) in [7, 11) is 4.25. The van der Waals surface area contributed by atoms with Crippen LogP contribution in [0.1, 0.15) is 0 Å². The molecule has 5 heteroatoms. The molecule has 0 amide bonds. The van der Waals surface area contributed by atoms with Crippen molar-refractivity contribution in [1.82, 2.24) is 0 Å². The van der Waals surface area contributed by atoms with Gasteiger partial charge in [-0.1, -0.05) is 0 Å². The molecule has 0 spiro atoms. The first-order valence-corrected chi connectivity index (χ1v) is 1.46. The van der Waals surface area contributed by atoms with E-state index in [1.807, 2.05) is 0 Å². The quantitative estimate of drug-likeness (QED) is 0.354. The number of alkyl halides is 3. The topological polar surface area (TPSA) is 0 Å². The summed E-state index contributed by atoms with van der Waals surface area (Å²) in [4.78, 5) is 0. The molecule has 39 valence electrons. The maximum atomic E-state index is 11.0. The molecule has 0 aliphatic rings. The Kier molecular flexibility index (Phi) is 6.15. The summed E-state index contributed by atoms with van der Waals surface area (Å²) < 4.78 is 32.9. The van der Waals surface area contributed by atoms with Gasteiger partial charge in [0.1, 0.15) is 0 Å². The molecule has 8 heavy (non-hydrogen) atoms. The van der Waals surface area contributed by atoms with E-state index in [0.717, 1.165) is 0 Å². The van der Waals surface area contributed by atoms with Crippen LogP contribution in [-0.2, 0) is 0 Å². The standard InChI is InChI=1S/C3H2BF3.K/c1-2(4)3(5,6)7;/h1H2;/q-1;+1. The van der Waals surface area contributed by atoms with E-state index in [4.69, 9.17) is 0 Å². The Morgan fingerprint density at radius 3 is 1.50 bits per heavy atom. The first-order chi connectivity index (χ1) is 2.94.